The van der Waals surface area contributed by atoms with E-state index in [0.717, 1.165) is 24.6 Å². The number of rotatable bonds is 4. The van der Waals surface area contributed by atoms with Crippen LogP contribution in [0.1, 0.15) is 26.3 Å². The minimum Gasteiger partial charge on any atom is -0.486 e. The lowest BCUT2D eigenvalue weighted by molar-refractivity contribution is 0.171. The number of nitrogens with zero attached hydrogens (tertiary/aromatic N) is 2. The molecule has 152 valence electrons. The van der Waals surface area contributed by atoms with Crippen LogP contribution in [0, 0.1) is 5.92 Å². The van der Waals surface area contributed by atoms with Crippen LogP contribution in [0.4, 0.5) is 0 Å². The summed E-state index contributed by atoms with van der Waals surface area (Å²) in [5, 5.41) is 7.51. The monoisotopic (exact) mass is 508 g/mol. The molecule has 1 saturated heterocycles. The van der Waals surface area contributed by atoms with Crippen molar-refractivity contribution in [3.63, 3.8) is 0 Å². The lowest BCUT2D eigenvalue weighted by Crippen LogP contribution is -2.46. The Hall–Kier alpha value is -0.930. The molecule has 2 heterocycles. The van der Waals surface area contributed by atoms with E-state index < -0.39 is 0 Å². The topological polar surface area (TPSA) is 58.1 Å². The molecule has 2 aliphatic rings. The van der Waals surface area contributed by atoms with Crippen molar-refractivity contribution in [2.45, 2.75) is 39.4 Å². The van der Waals surface area contributed by atoms with Crippen LogP contribution in [0.2, 0.25) is 5.02 Å². The van der Waals surface area contributed by atoms with Gasteiger partial charge < -0.3 is 20.1 Å². The average molecular weight is 509 g/mol. The number of ether oxygens (including phenoxy) is 2. The van der Waals surface area contributed by atoms with E-state index in [1.165, 1.54) is 0 Å². The minimum atomic E-state index is 0. The zero-order chi connectivity index (χ0) is 18.7. The van der Waals surface area contributed by atoms with Crippen LogP contribution in [-0.2, 0) is 6.54 Å². The summed E-state index contributed by atoms with van der Waals surface area (Å²) in [5.74, 6) is 2.73. The molecule has 0 radical (unpaired) electrons. The van der Waals surface area contributed by atoms with Crippen molar-refractivity contribution in [1.29, 1.82) is 0 Å². The van der Waals surface area contributed by atoms with Crippen molar-refractivity contribution in [2.75, 3.05) is 33.4 Å². The van der Waals surface area contributed by atoms with Crippen LogP contribution in [-0.4, -0.2) is 56.3 Å². The molecule has 6 nitrogen and oxygen atoms in total. The number of benzene rings is 1. The summed E-state index contributed by atoms with van der Waals surface area (Å²) in [5.41, 5.74) is 1.03. The Morgan fingerprint density at radius 3 is 2.70 bits per heavy atom. The third kappa shape index (κ3) is 5.54. The number of likely N-dealkylation sites (tertiary alicyclic amines) is 1. The van der Waals surface area contributed by atoms with Gasteiger partial charge in [-0.05, 0) is 37.5 Å². The van der Waals surface area contributed by atoms with Gasteiger partial charge in [0, 0.05) is 38.8 Å². The van der Waals surface area contributed by atoms with Gasteiger partial charge in [-0.2, -0.15) is 0 Å². The summed E-state index contributed by atoms with van der Waals surface area (Å²) in [6.07, 6.45) is 0. The number of hydrogen-bond donors (Lipinski definition) is 2. The van der Waals surface area contributed by atoms with Gasteiger partial charge in [0.2, 0.25) is 0 Å². The highest BCUT2D eigenvalue weighted by Crippen LogP contribution is 2.38. The van der Waals surface area contributed by atoms with E-state index in [9.17, 15) is 0 Å². The van der Waals surface area contributed by atoms with Crippen LogP contribution in [0.15, 0.2) is 17.1 Å². The van der Waals surface area contributed by atoms with E-state index in [2.05, 4.69) is 41.3 Å². The largest absolute Gasteiger partial charge is 0.486 e. The highest BCUT2D eigenvalue weighted by molar-refractivity contribution is 14.0. The third-order valence-corrected chi connectivity index (χ3v) is 5.31. The van der Waals surface area contributed by atoms with Gasteiger partial charge >= 0.3 is 0 Å². The summed E-state index contributed by atoms with van der Waals surface area (Å²) in [6, 6.07) is 4.85. The number of nitrogens with one attached hydrogen (secondary N) is 2. The van der Waals surface area contributed by atoms with Crippen LogP contribution in [0.5, 0.6) is 11.5 Å². The van der Waals surface area contributed by atoms with E-state index in [1.807, 2.05) is 12.1 Å². The maximum Gasteiger partial charge on any atom is 0.191 e. The third-order valence-electron chi connectivity index (χ3n) is 5.03. The first-order valence-electron chi connectivity index (χ1n) is 9.27. The molecule has 27 heavy (non-hydrogen) atoms. The van der Waals surface area contributed by atoms with Crippen molar-refractivity contribution < 1.29 is 9.47 Å². The van der Waals surface area contributed by atoms with Crippen LogP contribution >= 0.6 is 35.6 Å². The zero-order valence-corrected chi connectivity index (χ0v) is 19.5. The van der Waals surface area contributed by atoms with Crippen LogP contribution in [0.3, 0.4) is 0 Å². The molecule has 2 unspecified atom stereocenters. The predicted molar refractivity (Wildman–Crippen MR) is 121 cm³/mol. The Labute approximate surface area is 184 Å². The Balaban J connectivity index is 0.00000261. The fraction of sp³-hybridized carbons (Fsp3) is 0.632. The number of halogens is 2. The van der Waals surface area contributed by atoms with E-state index >= 15 is 0 Å². The zero-order valence-electron chi connectivity index (χ0n) is 16.4. The molecular formula is C19H30ClIN4O2. The second-order valence-electron chi connectivity index (χ2n) is 7.30. The Bertz CT molecular complexity index is 671. The highest BCUT2D eigenvalue weighted by Gasteiger charge is 2.31. The summed E-state index contributed by atoms with van der Waals surface area (Å²) >= 11 is 6.31. The summed E-state index contributed by atoms with van der Waals surface area (Å²) in [4.78, 5) is 6.86. The number of hydrogen-bond acceptors (Lipinski definition) is 4. The molecule has 0 aromatic heterocycles. The molecule has 2 aliphatic heterocycles. The molecule has 0 spiro atoms. The molecule has 0 amide bonds. The second kappa shape index (κ2) is 10.0. The lowest BCUT2D eigenvalue weighted by atomic mass is 10.1. The Kier molecular flexibility index (Phi) is 8.30. The molecule has 3 rings (SSSR count). The normalized spacial score (nSPS) is 22.5. The van der Waals surface area contributed by atoms with Gasteiger partial charge in [0.05, 0.1) is 5.02 Å². The first-order chi connectivity index (χ1) is 12.5. The van der Waals surface area contributed by atoms with Gasteiger partial charge in [0.1, 0.15) is 13.2 Å². The van der Waals surface area contributed by atoms with Gasteiger partial charge in [-0.1, -0.05) is 18.5 Å². The summed E-state index contributed by atoms with van der Waals surface area (Å²) in [6.45, 7) is 10.6. The van der Waals surface area contributed by atoms with E-state index in [0.29, 0.717) is 54.3 Å². The molecule has 0 bridgehead atoms. The highest BCUT2D eigenvalue weighted by atomic mass is 127. The van der Waals surface area contributed by atoms with Crippen molar-refractivity contribution in [2.24, 2.45) is 10.9 Å². The van der Waals surface area contributed by atoms with E-state index in [4.69, 9.17) is 21.1 Å². The first kappa shape index (κ1) is 22.4. The van der Waals surface area contributed by atoms with Crippen LogP contribution < -0.4 is 20.1 Å². The molecule has 8 heteroatoms. The molecule has 2 atom stereocenters. The standard InChI is InChI=1S/C19H29ClN4O2.HI/c1-12(2)24-10-13(3)16(11-24)23-19(21-4)22-9-14-7-15(20)18-17(8-14)25-5-6-26-18;/h7-8,12-13,16H,5-6,9-11H2,1-4H3,(H2,21,22,23);1H. The van der Waals surface area contributed by atoms with Gasteiger partial charge in [-0.15, -0.1) is 24.0 Å². The first-order valence-corrected chi connectivity index (χ1v) is 9.65. The number of guanidine groups is 1. The number of aliphatic imine (C=N–C) groups is 1. The molecular weight excluding hydrogens is 479 g/mol. The fourth-order valence-electron chi connectivity index (χ4n) is 3.44. The minimum absolute atomic E-state index is 0. The maximum absolute atomic E-state index is 6.31. The summed E-state index contributed by atoms with van der Waals surface area (Å²) < 4.78 is 11.2. The smallest absolute Gasteiger partial charge is 0.191 e. The molecule has 1 aromatic rings. The predicted octanol–water partition coefficient (Wildman–Crippen LogP) is 3.12. The molecule has 0 saturated carbocycles. The lowest BCUT2D eigenvalue weighted by Gasteiger charge is -2.22. The molecule has 2 N–H and O–H groups in total. The maximum atomic E-state index is 6.31. The van der Waals surface area contributed by atoms with Crippen molar-refractivity contribution >= 4 is 41.5 Å². The van der Waals surface area contributed by atoms with Crippen LogP contribution in [0.25, 0.3) is 0 Å². The molecule has 1 fully saturated rings. The SMILES string of the molecule is CN=C(NCc1cc(Cl)c2c(c1)OCCO2)NC1CN(C(C)C)CC1C.I. The van der Waals surface area contributed by atoms with E-state index in [-0.39, 0.29) is 24.0 Å². The van der Waals surface area contributed by atoms with Crippen molar-refractivity contribution in [3.05, 3.63) is 22.7 Å². The Morgan fingerprint density at radius 2 is 2.04 bits per heavy atom. The van der Waals surface area contributed by atoms with Gasteiger partial charge in [0.15, 0.2) is 17.5 Å². The second-order valence-corrected chi connectivity index (χ2v) is 7.71. The summed E-state index contributed by atoms with van der Waals surface area (Å²) in [7, 11) is 1.80. The van der Waals surface area contributed by atoms with Gasteiger partial charge in [-0.3, -0.25) is 9.89 Å². The van der Waals surface area contributed by atoms with Crippen molar-refractivity contribution in [3.8, 4) is 11.5 Å². The van der Waals surface area contributed by atoms with Gasteiger partial charge in [-0.25, -0.2) is 0 Å². The fourth-order valence-corrected chi connectivity index (χ4v) is 3.72. The van der Waals surface area contributed by atoms with Crippen molar-refractivity contribution in [1.82, 2.24) is 15.5 Å². The van der Waals surface area contributed by atoms with Gasteiger partial charge in [0.25, 0.3) is 0 Å². The molecule has 1 aromatic carbocycles. The average Bonchev–Trinajstić information content (AvgIpc) is 2.99. The quantitative estimate of drug-likeness (QED) is 0.372. The Morgan fingerprint density at radius 1 is 1.30 bits per heavy atom. The van der Waals surface area contributed by atoms with E-state index in [1.54, 1.807) is 7.05 Å². The molecule has 0 aliphatic carbocycles. The number of fused-ring (bicyclic) bond motifs is 1.